The van der Waals surface area contributed by atoms with Crippen molar-refractivity contribution in [1.82, 2.24) is 15.5 Å². The van der Waals surface area contributed by atoms with Crippen LogP contribution in [-0.4, -0.2) is 51.4 Å². The Labute approximate surface area is 91.8 Å². The summed E-state index contributed by atoms with van der Waals surface area (Å²) in [6, 6.07) is 0. The predicted octanol–water partition coefficient (Wildman–Crippen LogP) is 0.209. The van der Waals surface area contributed by atoms with Crippen LogP contribution in [0.5, 0.6) is 0 Å². The molecule has 1 heterocycles. The Bertz CT molecular complexity index is 262. The fraction of sp³-hybridized carbons (Fsp3) is 0.545. The first-order valence-electron chi connectivity index (χ1n) is 5.25. The standard InChI is InChI=1S/C11H20N4/c1-4-11(10(13-3)9-12-2)15-7-5-14-6-8-15/h4,9,13-14H,1,5-8H2,2-3H3/b11-10-,12-9?. The van der Waals surface area contributed by atoms with Gasteiger partial charge in [-0.1, -0.05) is 6.58 Å². The van der Waals surface area contributed by atoms with E-state index in [1.165, 1.54) is 0 Å². The Hall–Kier alpha value is -1.29. The van der Waals surface area contributed by atoms with Gasteiger partial charge in [-0.2, -0.15) is 0 Å². The Kier molecular flexibility index (Phi) is 4.90. The van der Waals surface area contributed by atoms with Crippen molar-refractivity contribution in [3.8, 4) is 0 Å². The van der Waals surface area contributed by atoms with Gasteiger partial charge in [-0.25, -0.2) is 0 Å². The highest BCUT2D eigenvalue weighted by molar-refractivity contribution is 5.79. The lowest BCUT2D eigenvalue weighted by molar-refractivity contribution is 0.305. The van der Waals surface area contributed by atoms with Crippen LogP contribution >= 0.6 is 0 Å². The van der Waals surface area contributed by atoms with Gasteiger partial charge >= 0.3 is 0 Å². The lowest BCUT2D eigenvalue weighted by Gasteiger charge is -2.31. The minimum absolute atomic E-state index is 1.02. The summed E-state index contributed by atoms with van der Waals surface area (Å²) in [5.74, 6) is 0. The third kappa shape index (κ3) is 3.09. The van der Waals surface area contributed by atoms with Crippen molar-refractivity contribution in [3.05, 3.63) is 24.0 Å². The van der Waals surface area contributed by atoms with E-state index in [9.17, 15) is 0 Å². The van der Waals surface area contributed by atoms with Crippen molar-refractivity contribution in [2.75, 3.05) is 40.3 Å². The fourth-order valence-corrected chi connectivity index (χ4v) is 1.70. The zero-order chi connectivity index (χ0) is 11.1. The molecular weight excluding hydrogens is 188 g/mol. The zero-order valence-corrected chi connectivity index (χ0v) is 9.58. The van der Waals surface area contributed by atoms with Gasteiger partial charge in [-0.3, -0.25) is 4.99 Å². The van der Waals surface area contributed by atoms with Crippen LogP contribution in [0.25, 0.3) is 0 Å². The molecule has 0 bridgehead atoms. The minimum Gasteiger partial charge on any atom is -0.385 e. The fourth-order valence-electron chi connectivity index (χ4n) is 1.70. The molecule has 4 heteroatoms. The second kappa shape index (κ2) is 6.24. The molecule has 1 fully saturated rings. The van der Waals surface area contributed by atoms with E-state index in [2.05, 4.69) is 27.1 Å². The van der Waals surface area contributed by atoms with Crippen molar-refractivity contribution in [2.24, 2.45) is 4.99 Å². The second-order valence-corrected chi connectivity index (χ2v) is 3.38. The molecule has 2 N–H and O–H groups in total. The molecule has 0 radical (unpaired) electrons. The molecule has 0 aromatic rings. The number of allylic oxidation sites excluding steroid dienone is 2. The van der Waals surface area contributed by atoms with Crippen LogP contribution in [0.1, 0.15) is 0 Å². The zero-order valence-electron chi connectivity index (χ0n) is 9.58. The highest BCUT2D eigenvalue weighted by Crippen LogP contribution is 2.09. The Balaban J connectivity index is 2.86. The molecule has 1 aliphatic heterocycles. The van der Waals surface area contributed by atoms with Crippen molar-refractivity contribution in [2.45, 2.75) is 0 Å². The number of nitrogens with zero attached hydrogens (tertiary/aromatic N) is 2. The predicted molar refractivity (Wildman–Crippen MR) is 65.1 cm³/mol. The van der Waals surface area contributed by atoms with Crippen LogP contribution in [0.4, 0.5) is 0 Å². The number of nitrogens with one attached hydrogen (secondary N) is 2. The second-order valence-electron chi connectivity index (χ2n) is 3.38. The molecule has 0 unspecified atom stereocenters. The van der Waals surface area contributed by atoms with E-state index in [0.717, 1.165) is 37.6 Å². The van der Waals surface area contributed by atoms with Gasteiger partial charge < -0.3 is 15.5 Å². The van der Waals surface area contributed by atoms with Crippen LogP contribution in [0.3, 0.4) is 0 Å². The minimum atomic E-state index is 1.02. The monoisotopic (exact) mass is 208 g/mol. The lowest BCUT2D eigenvalue weighted by atomic mass is 10.2. The SMILES string of the molecule is C=C/C(=C(\C=NC)NC)N1CCNCC1. The molecule has 0 atom stereocenters. The molecule has 0 aromatic heterocycles. The van der Waals surface area contributed by atoms with E-state index in [1.54, 1.807) is 7.05 Å². The molecule has 1 rings (SSSR count). The van der Waals surface area contributed by atoms with Gasteiger partial charge in [0.15, 0.2) is 0 Å². The van der Waals surface area contributed by atoms with Gasteiger partial charge in [-0.15, -0.1) is 0 Å². The van der Waals surface area contributed by atoms with E-state index in [1.807, 2.05) is 19.3 Å². The van der Waals surface area contributed by atoms with Crippen molar-refractivity contribution in [3.63, 3.8) is 0 Å². The maximum atomic E-state index is 4.04. The van der Waals surface area contributed by atoms with Gasteiger partial charge in [-0.05, 0) is 6.08 Å². The van der Waals surface area contributed by atoms with E-state index in [-0.39, 0.29) is 0 Å². The molecule has 1 aliphatic rings. The summed E-state index contributed by atoms with van der Waals surface area (Å²) in [4.78, 5) is 6.35. The van der Waals surface area contributed by atoms with E-state index in [0.29, 0.717) is 0 Å². The maximum absolute atomic E-state index is 4.04. The van der Waals surface area contributed by atoms with Gasteiger partial charge in [0.05, 0.1) is 11.4 Å². The number of hydrogen-bond acceptors (Lipinski definition) is 4. The third-order valence-corrected chi connectivity index (χ3v) is 2.45. The van der Waals surface area contributed by atoms with Crippen molar-refractivity contribution >= 4 is 6.21 Å². The summed E-state index contributed by atoms with van der Waals surface area (Å²) >= 11 is 0. The molecule has 0 aliphatic carbocycles. The molecule has 0 amide bonds. The summed E-state index contributed by atoms with van der Waals surface area (Å²) in [5.41, 5.74) is 2.15. The summed E-state index contributed by atoms with van der Waals surface area (Å²) in [6.07, 6.45) is 3.72. The molecular formula is C11H20N4. The Morgan fingerprint density at radius 2 is 2.13 bits per heavy atom. The number of piperazine rings is 1. The van der Waals surface area contributed by atoms with Gasteiger partial charge in [0.2, 0.25) is 0 Å². The van der Waals surface area contributed by atoms with Crippen LogP contribution in [0.15, 0.2) is 29.0 Å². The molecule has 1 saturated heterocycles. The highest BCUT2D eigenvalue weighted by Gasteiger charge is 2.13. The van der Waals surface area contributed by atoms with E-state index < -0.39 is 0 Å². The van der Waals surface area contributed by atoms with Crippen LogP contribution in [-0.2, 0) is 0 Å². The summed E-state index contributed by atoms with van der Waals surface area (Å²) < 4.78 is 0. The van der Waals surface area contributed by atoms with Gasteiger partial charge in [0.1, 0.15) is 0 Å². The quantitative estimate of drug-likeness (QED) is 0.512. The van der Waals surface area contributed by atoms with Crippen molar-refractivity contribution in [1.29, 1.82) is 0 Å². The van der Waals surface area contributed by atoms with E-state index >= 15 is 0 Å². The molecule has 4 nitrogen and oxygen atoms in total. The van der Waals surface area contributed by atoms with Crippen molar-refractivity contribution < 1.29 is 0 Å². The average Bonchev–Trinajstić information content (AvgIpc) is 2.30. The highest BCUT2D eigenvalue weighted by atomic mass is 15.2. The molecule has 0 spiro atoms. The van der Waals surface area contributed by atoms with Crippen LogP contribution < -0.4 is 10.6 Å². The molecule has 0 saturated carbocycles. The Morgan fingerprint density at radius 3 is 2.60 bits per heavy atom. The smallest absolute Gasteiger partial charge is 0.0756 e. The topological polar surface area (TPSA) is 39.7 Å². The lowest BCUT2D eigenvalue weighted by Crippen LogP contribution is -2.43. The summed E-state index contributed by atoms with van der Waals surface area (Å²) in [5, 5.41) is 6.48. The first kappa shape index (κ1) is 11.8. The maximum Gasteiger partial charge on any atom is 0.0756 e. The van der Waals surface area contributed by atoms with Gasteiger partial charge in [0, 0.05) is 46.5 Å². The normalized spacial score (nSPS) is 18.9. The van der Waals surface area contributed by atoms with Crippen LogP contribution in [0.2, 0.25) is 0 Å². The molecule has 84 valence electrons. The first-order valence-corrected chi connectivity index (χ1v) is 5.25. The Morgan fingerprint density at radius 1 is 1.47 bits per heavy atom. The number of aliphatic imine (C=N–C) groups is 1. The molecule has 15 heavy (non-hydrogen) atoms. The average molecular weight is 208 g/mol. The summed E-state index contributed by atoms with van der Waals surface area (Å²) in [6.45, 7) is 7.95. The molecule has 0 aromatic carbocycles. The summed E-state index contributed by atoms with van der Waals surface area (Å²) in [7, 11) is 3.68. The number of rotatable bonds is 4. The largest absolute Gasteiger partial charge is 0.385 e. The van der Waals surface area contributed by atoms with Gasteiger partial charge in [0.25, 0.3) is 0 Å². The first-order chi connectivity index (χ1) is 7.33. The van der Waals surface area contributed by atoms with Crippen LogP contribution in [0, 0.1) is 0 Å². The number of hydrogen-bond donors (Lipinski definition) is 2. The van der Waals surface area contributed by atoms with E-state index in [4.69, 9.17) is 0 Å². The third-order valence-electron chi connectivity index (χ3n) is 2.45.